The van der Waals surface area contributed by atoms with E-state index in [-0.39, 0.29) is 12.7 Å². The zero-order chi connectivity index (χ0) is 37.2. The molecule has 7 rings (SSSR count). The molecule has 3 aliphatic rings. The van der Waals surface area contributed by atoms with E-state index in [1.807, 2.05) is 0 Å². The zero-order valence-electron chi connectivity index (χ0n) is 33.0. The Morgan fingerprint density at radius 3 is 1.71 bits per heavy atom. The molecule has 1 fully saturated rings. The van der Waals surface area contributed by atoms with Crippen LogP contribution in [0.2, 0.25) is 32.7 Å². The van der Waals surface area contributed by atoms with E-state index in [1.54, 1.807) is 5.57 Å². The third-order valence-electron chi connectivity index (χ3n) is 13.1. The maximum absolute atomic E-state index is 8.88. The van der Waals surface area contributed by atoms with Gasteiger partial charge in [-0.1, -0.05) is 0 Å². The molecule has 0 nitrogen and oxygen atoms in total. The van der Waals surface area contributed by atoms with Gasteiger partial charge in [-0.15, -0.1) is 0 Å². The molecule has 52 heavy (non-hydrogen) atoms. The van der Waals surface area contributed by atoms with Crippen LogP contribution < -0.4 is 5.19 Å². The van der Waals surface area contributed by atoms with Crippen molar-refractivity contribution in [2.75, 3.05) is 0 Å². The maximum atomic E-state index is 8.88. The van der Waals surface area contributed by atoms with Crippen molar-refractivity contribution in [2.24, 2.45) is 5.92 Å². The molecule has 0 saturated heterocycles. The van der Waals surface area contributed by atoms with Gasteiger partial charge in [-0.25, -0.2) is 0 Å². The number of hydrogen-bond donors (Lipinski definition) is 0. The predicted octanol–water partition coefficient (Wildman–Crippen LogP) is 14.4. The summed E-state index contributed by atoms with van der Waals surface area (Å²) in [6, 6.07) is 32.8. The Kier molecular flexibility index (Phi) is 10.4. The predicted molar refractivity (Wildman–Crippen MR) is 234 cm³/mol. The van der Waals surface area contributed by atoms with E-state index in [1.165, 1.54) is 92.9 Å². The molecule has 2 unspecified atom stereocenters. The zero-order valence-corrected chi connectivity index (χ0v) is 39.2. The monoisotopic (exact) mass is 839 g/mol. The summed E-state index contributed by atoms with van der Waals surface area (Å²) in [5, 5.41) is 1.50. The minimum atomic E-state index is -4.89. The summed E-state index contributed by atoms with van der Waals surface area (Å²) >= 11 is -4.89. The van der Waals surface area contributed by atoms with Crippen LogP contribution in [0, 0.1) is 5.92 Å². The van der Waals surface area contributed by atoms with Gasteiger partial charge in [-0.3, -0.25) is 0 Å². The van der Waals surface area contributed by atoms with Crippen LogP contribution in [0.15, 0.2) is 96.1 Å². The molecule has 3 aliphatic carbocycles. The number of rotatable bonds is 8. The van der Waals surface area contributed by atoms with E-state index < -0.39 is 29.6 Å². The Labute approximate surface area is 324 Å². The third-order valence-corrected chi connectivity index (χ3v) is 66.9. The number of benzene rings is 4. The second kappa shape index (κ2) is 14.1. The van der Waals surface area contributed by atoms with Gasteiger partial charge in [-0.2, -0.15) is 0 Å². The van der Waals surface area contributed by atoms with Crippen LogP contribution in [0.3, 0.4) is 0 Å². The Morgan fingerprint density at radius 1 is 0.692 bits per heavy atom. The van der Waals surface area contributed by atoms with E-state index in [2.05, 4.69) is 158 Å². The average Bonchev–Trinajstić information content (AvgIpc) is 3.72. The van der Waals surface area contributed by atoms with Crippen molar-refractivity contribution in [3.63, 3.8) is 0 Å². The first kappa shape index (κ1) is 38.5. The van der Waals surface area contributed by atoms with Gasteiger partial charge in [0.05, 0.1) is 0 Å². The molecule has 0 heterocycles. The van der Waals surface area contributed by atoms with Gasteiger partial charge >= 0.3 is 328 Å². The summed E-state index contributed by atoms with van der Waals surface area (Å²) in [6.45, 7) is 21.5. The standard InChI is InChI=1S/C25H29.C20H23Si.C2H7Si.2ClH.Zr/c1-25(2,3)22-14-12-19(13-15-22)23-11-7-10-20-16-21(17-24(20)23)18-8-5-4-6-9-18;1-5-15-13-17-7-6-8-19(20(17)14-15)16-9-11-18(12-10-16)21(2,3)4;1-3-2;;;/h7,10-18H,4-6,8-9H2,1-3H3;6-14H,5H2,1-4H3;3H,1-2H3;2*1H;/q;;;;;+2/p-2. The number of allylic oxidation sites excluding steroid dienone is 2. The second-order valence-corrected chi connectivity index (χ2v) is 66.2. The Bertz CT molecular complexity index is 2040. The van der Waals surface area contributed by atoms with Crippen molar-refractivity contribution >= 4 is 48.4 Å². The number of halogens is 2. The molecule has 1 saturated carbocycles. The van der Waals surface area contributed by atoms with Gasteiger partial charge in [0, 0.05) is 0 Å². The van der Waals surface area contributed by atoms with Gasteiger partial charge in [0.25, 0.3) is 0 Å². The SMILES string of the molecule is CCC1=Cc2c(-c3ccc([Si](C)(C)C)cc3)cccc2[CH]1[Zr]([Cl])([Cl])([CH]1C(C2CCCCC2)=Cc2c(-c3ccc(C(C)(C)C)cc3)cccc21)[SiH](C)C. The molecule has 0 bridgehead atoms. The molecule has 0 radical (unpaired) electrons. The third kappa shape index (κ3) is 6.55. The van der Waals surface area contributed by atoms with E-state index in [4.69, 9.17) is 17.0 Å². The first-order valence-corrected chi connectivity index (χ1v) is 39.8. The molecule has 4 aromatic carbocycles. The molecule has 5 heteroatoms. The molecule has 0 amide bonds. The molecule has 273 valence electrons. The van der Waals surface area contributed by atoms with E-state index >= 15 is 0 Å². The van der Waals surface area contributed by atoms with Gasteiger partial charge < -0.3 is 0 Å². The summed E-state index contributed by atoms with van der Waals surface area (Å²) in [5.41, 5.74) is 15.3. The molecule has 4 aromatic rings. The van der Waals surface area contributed by atoms with Crippen LogP contribution in [-0.2, 0) is 21.0 Å². The van der Waals surface area contributed by atoms with E-state index in [0.717, 1.165) is 6.42 Å². The first-order valence-electron chi connectivity index (χ1n) is 20.0. The van der Waals surface area contributed by atoms with Crippen molar-refractivity contribution in [1.29, 1.82) is 0 Å². The normalized spacial score (nSPS) is 20.3. The summed E-state index contributed by atoms with van der Waals surface area (Å²) in [4.78, 5) is 0. The van der Waals surface area contributed by atoms with Crippen LogP contribution in [0.4, 0.5) is 0 Å². The van der Waals surface area contributed by atoms with Crippen molar-refractivity contribution in [3.8, 4) is 22.3 Å². The second-order valence-electron chi connectivity index (χ2n) is 18.6. The van der Waals surface area contributed by atoms with Crippen LogP contribution in [0.1, 0.15) is 101 Å². The van der Waals surface area contributed by atoms with Crippen LogP contribution in [0.25, 0.3) is 34.4 Å². The topological polar surface area (TPSA) is 0 Å². The molecule has 2 atom stereocenters. The molecular formula is C47H59Cl2Si2Zr. The fourth-order valence-corrected chi connectivity index (χ4v) is 42.5. The minimum absolute atomic E-state index is 0.120. The molecular weight excluding hydrogens is 783 g/mol. The van der Waals surface area contributed by atoms with Crippen molar-refractivity contribution < 1.29 is 15.6 Å². The van der Waals surface area contributed by atoms with Gasteiger partial charge in [-0.05, 0) is 0 Å². The average molecular weight is 842 g/mol. The Hall–Kier alpha value is -1.74. The van der Waals surface area contributed by atoms with Gasteiger partial charge in [0.15, 0.2) is 0 Å². The van der Waals surface area contributed by atoms with Crippen molar-refractivity contribution in [2.45, 2.75) is 112 Å². The Morgan fingerprint density at radius 2 is 1.21 bits per heavy atom. The number of fused-ring (bicyclic) bond motifs is 2. The fraction of sp³-hybridized carbons (Fsp3) is 0.404. The van der Waals surface area contributed by atoms with E-state index in [0.29, 0.717) is 5.92 Å². The Balaban J connectivity index is 1.41. The van der Waals surface area contributed by atoms with E-state index in [9.17, 15) is 0 Å². The summed E-state index contributed by atoms with van der Waals surface area (Å²) < 4.78 is 0.254. The van der Waals surface area contributed by atoms with Crippen LogP contribution in [-0.4, -0.2) is 14.0 Å². The van der Waals surface area contributed by atoms with Crippen LogP contribution >= 0.6 is 17.0 Å². The quantitative estimate of drug-likeness (QED) is 0.155. The number of hydrogen-bond acceptors (Lipinski definition) is 0. The molecule has 0 aliphatic heterocycles. The fourth-order valence-electron chi connectivity index (χ4n) is 9.89. The first-order chi connectivity index (χ1) is 24.5. The molecule has 0 aromatic heterocycles. The van der Waals surface area contributed by atoms with Crippen molar-refractivity contribution in [3.05, 3.63) is 124 Å². The van der Waals surface area contributed by atoms with Gasteiger partial charge in [0.1, 0.15) is 0 Å². The molecule has 0 spiro atoms. The summed E-state index contributed by atoms with van der Waals surface area (Å²) in [7, 11) is 16.4. The molecule has 0 N–H and O–H groups in total. The van der Waals surface area contributed by atoms with Gasteiger partial charge in [0.2, 0.25) is 0 Å². The van der Waals surface area contributed by atoms with Crippen LogP contribution in [0.5, 0.6) is 0 Å². The summed E-state index contributed by atoms with van der Waals surface area (Å²) in [5.74, 6) is -1.10. The summed E-state index contributed by atoms with van der Waals surface area (Å²) in [6.07, 6.45) is 12.5. The van der Waals surface area contributed by atoms with Crippen molar-refractivity contribution in [1.82, 2.24) is 0 Å².